The normalized spacial score (nSPS) is 22.5. The number of hydrogen-bond acceptors (Lipinski definition) is 3. The summed E-state index contributed by atoms with van der Waals surface area (Å²) in [5.74, 6) is -0.312. The summed E-state index contributed by atoms with van der Waals surface area (Å²) >= 11 is 0. The minimum Gasteiger partial charge on any atom is -0.330 e. The van der Waals surface area contributed by atoms with Gasteiger partial charge in [-0.25, -0.2) is 9.50 Å². The summed E-state index contributed by atoms with van der Waals surface area (Å²) in [4.78, 5) is 21.0. The minimum absolute atomic E-state index is 0.0279. The molecular weight excluding hydrogens is 419 g/mol. The van der Waals surface area contributed by atoms with E-state index >= 15 is 0 Å². The number of hydrogen-bond donors (Lipinski definition) is 1. The van der Waals surface area contributed by atoms with E-state index in [4.69, 9.17) is 0 Å². The highest BCUT2D eigenvalue weighted by atomic mass is 19.4. The SMILES string of the molecule is O=C(c1cc2nc3c(c(C(F)(F)F)n2n1)CCc1ccccc1-3)N1CC[NH+]2CCCC2C1. The van der Waals surface area contributed by atoms with Crippen LogP contribution in [-0.2, 0) is 19.0 Å². The number of aryl methyl sites for hydroxylation is 1. The van der Waals surface area contributed by atoms with E-state index in [1.54, 1.807) is 4.90 Å². The number of nitrogens with zero attached hydrogens (tertiary/aromatic N) is 4. The standard InChI is InChI=1S/C23H22F3N5O/c24-23(25,26)21-17-8-7-14-4-1-2-6-16(14)20(17)27-19-12-18(28-31(19)21)22(32)30-11-10-29-9-3-5-15(29)13-30/h1-2,4,6,12,15H,3,5,7-11,13H2/p+1. The van der Waals surface area contributed by atoms with E-state index in [2.05, 4.69) is 10.1 Å². The average Bonchev–Trinajstić information content (AvgIpc) is 3.42. The fourth-order valence-corrected chi connectivity index (χ4v) is 5.64. The predicted octanol–water partition coefficient (Wildman–Crippen LogP) is 2.02. The fourth-order valence-electron chi connectivity index (χ4n) is 5.64. The first-order chi connectivity index (χ1) is 15.4. The van der Waals surface area contributed by atoms with Crippen molar-refractivity contribution in [3.8, 4) is 11.3 Å². The van der Waals surface area contributed by atoms with Gasteiger partial charge >= 0.3 is 6.18 Å². The molecular formula is C23H23F3N5O+. The van der Waals surface area contributed by atoms with Crippen LogP contribution in [0.1, 0.15) is 40.2 Å². The third kappa shape index (κ3) is 3.02. The second-order valence-electron chi connectivity index (χ2n) is 8.99. The summed E-state index contributed by atoms with van der Waals surface area (Å²) in [6.07, 6.45) is -1.62. The quantitative estimate of drug-likeness (QED) is 0.628. The maximum absolute atomic E-state index is 14.2. The van der Waals surface area contributed by atoms with E-state index in [0.717, 1.165) is 41.6 Å². The van der Waals surface area contributed by atoms with E-state index in [0.29, 0.717) is 31.2 Å². The number of quaternary nitrogens is 1. The molecule has 0 spiro atoms. The molecule has 1 aromatic carbocycles. The number of carbonyl (C=O) groups is 1. The lowest BCUT2D eigenvalue weighted by Crippen LogP contribution is -3.16. The molecule has 4 heterocycles. The van der Waals surface area contributed by atoms with Crippen LogP contribution in [0.15, 0.2) is 30.3 Å². The molecule has 1 aliphatic carbocycles. The van der Waals surface area contributed by atoms with E-state index in [1.807, 2.05) is 24.3 Å². The van der Waals surface area contributed by atoms with Gasteiger partial charge in [0.1, 0.15) is 6.04 Å². The molecule has 166 valence electrons. The van der Waals surface area contributed by atoms with Crippen molar-refractivity contribution < 1.29 is 22.9 Å². The fraction of sp³-hybridized carbons (Fsp3) is 0.435. The number of nitrogens with one attached hydrogen (secondary N) is 1. The van der Waals surface area contributed by atoms with Gasteiger partial charge in [0.25, 0.3) is 5.91 Å². The van der Waals surface area contributed by atoms with Crippen LogP contribution >= 0.6 is 0 Å². The van der Waals surface area contributed by atoms with Crippen LogP contribution in [0.3, 0.4) is 0 Å². The largest absolute Gasteiger partial charge is 0.433 e. The number of alkyl halides is 3. The van der Waals surface area contributed by atoms with Gasteiger partial charge in [0.05, 0.1) is 31.9 Å². The highest BCUT2D eigenvalue weighted by Gasteiger charge is 2.41. The van der Waals surface area contributed by atoms with Crippen molar-refractivity contribution in [1.29, 1.82) is 0 Å². The van der Waals surface area contributed by atoms with Crippen LogP contribution in [0, 0.1) is 0 Å². The summed E-state index contributed by atoms with van der Waals surface area (Å²) in [6.45, 7) is 3.24. The molecule has 9 heteroatoms. The molecule has 2 unspecified atom stereocenters. The number of aromatic nitrogens is 3. The van der Waals surface area contributed by atoms with Crippen LogP contribution in [0.4, 0.5) is 13.2 Å². The number of benzene rings is 1. The molecule has 0 radical (unpaired) electrons. The van der Waals surface area contributed by atoms with Gasteiger partial charge in [0, 0.05) is 30.0 Å². The lowest BCUT2D eigenvalue weighted by Gasteiger charge is -2.34. The topological polar surface area (TPSA) is 54.9 Å². The molecule has 0 saturated carbocycles. The summed E-state index contributed by atoms with van der Waals surface area (Å²) in [6, 6.07) is 9.24. The molecule has 3 aromatic rings. The van der Waals surface area contributed by atoms with Crippen molar-refractivity contribution in [1.82, 2.24) is 19.5 Å². The molecule has 2 aliphatic heterocycles. The number of halogens is 3. The zero-order chi connectivity index (χ0) is 22.0. The van der Waals surface area contributed by atoms with Gasteiger partial charge in [-0.2, -0.15) is 18.3 Å². The van der Waals surface area contributed by atoms with Crippen LogP contribution in [0.5, 0.6) is 0 Å². The maximum atomic E-state index is 14.2. The van der Waals surface area contributed by atoms with Gasteiger partial charge in [0.2, 0.25) is 0 Å². The predicted molar refractivity (Wildman–Crippen MR) is 110 cm³/mol. The molecule has 2 saturated heterocycles. The molecule has 6 rings (SSSR count). The van der Waals surface area contributed by atoms with Gasteiger partial charge in [0.15, 0.2) is 17.0 Å². The van der Waals surface area contributed by atoms with Crippen molar-refractivity contribution in [2.75, 3.05) is 26.2 Å². The lowest BCUT2D eigenvalue weighted by molar-refractivity contribution is -0.916. The highest BCUT2D eigenvalue weighted by molar-refractivity contribution is 5.93. The third-order valence-corrected chi connectivity index (χ3v) is 7.16. The van der Waals surface area contributed by atoms with Gasteiger partial charge < -0.3 is 9.80 Å². The number of rotatable bonds is 1. The first-order valence-corrected chi connectivity index (χ1v) is 11.1. The molecule has 1 amide bonds. The Bertz CT molecular complexity index is 1230. The number of amides is 1. The molecule has 3 aliphatic rings. The summed E-state index contributed by atoms with van der Waals surface area (Å²) in [5, 5.41) is 4.14. The van der Waals surface area contributed by atoms with Crippen molar-refractivity contribution in [2.45, 2.75) is 37.9 Å². The van der Waals surface area contributed by atoms with E-state index in [-0.39, 0.29) is 29.2 Å². The van der Waals surface area contributed by atoms with Crippen molar-refractivity contribution in [2.24, 2.45) is 0 Å². The smallest absolute Gasteiger partial charge is 0.330 e. The van der Waals surface area contributed by atoms with Crippen LogP contribution < -0.4 is 4.90 Å². The van der Waals surface area contributed by atoms with Gasteiger partial charge in [-0.15, -0.1) is 0 Å². The van der Waals surface area contributed by atoms with Crippen molar-refractivity contribution >= 4 is 11.6 Å². The maximum Gasteiger partial charge on any atom is 0.433 e. The van der Waals surface area contributed by atoms with Crippen LogP contribution in [-0.4, -0.2) is 57.6 Å². The summed E-state index contributed by atoms with van der Waals surface area (Å²) < 4.78 is 43.5. The van der Waals surface area contributed by atoms with Gasteiger partial charge in [-0.3, -0.25) is 4.79 Å². The van der Waals surface area contributed by atoms with E-state index in [9.17, 15) is 18.0 Å². The second kappa shape index (κ2) is 7.03. The monoisotopic (exact) mass is 442 g/mol. The molecule has 2 aromatic heterocycles. The second-order valence-corrected chi connectivity index (χ2v) is 8.99. The number of fused-ring (bicyclic) bond motifs is 5. The van der Waals surface area contributed by atoms with Crippen molar-refractivity contribution in [3.05, 3.63) is 52.8 Å². The molecule has 6 nitrogen and oxygen atoms in total. The minimum atomic E-state index is -4.61. The Morgan fingerprint density at radius 3 is 2.84 bits per heavy atom. The Kier molecular flexibility index (Phi) is 4.33. The molecule has 1 N–H and O–H groups in total. The highest BCUT2D eigenvalue weighted by Crippen LogP contribution is 2.40. The van der Waals surface area contributed by atoms with Crippen molar-refractivity contribution in [3.63, 3.8) is 0 Å². The van der Waals surface area contributed by atoms with Crippen LogP contribution in [0.25, 0.3) is 16.9 Å². The number of piperazine rings is 1. The van der Waals surface area contributed by atoms with E-state index < -0.39 is 11.9 Å². The Balaban J connectivity index is 1.45. The Labute approximate surface area is 182 Å². The molecule has 2 atom stereocenters. The zero-order valence-corrected chi connectivity index (χ0v) is 17.5. The van der Waals surface area contributed by atoms with Gasteiger partial charge in [-0.05, 0) is 18.4 Å². The summed E-state index contributed by atoms with van der Waals surface area (Å²) in [7, 11) is 0. The number of carbonyl (C=O) groups excluding carboxylic acids is 1. The molecule has 2 fully saturated rings. The summed E-state index contributed by atoms with van der Waals surface area (Å²) in [5.41, 5.74) is 1.45. The van der Waals surface area contributed by atoms with Crippen LogP contribution in [0.2, 0.25) is 0 Å². The first-order valence-electron chi connectivity index (χ1n) is 11.1. The zero-order valence-electron chi connectivity index (χ0n) is 17.5. The first kappa shape index (κ1) is 19.7. The molecule has 32 heavy (non-hydrogen) atoms. The average molecular weight is 442 g/mol. The van der Waals surface area contributed by atoms with Gasteiger partial charge in [-0.1, -0.05) is 24.3 Å². The lowest BCUT2D eigenvalue weighted by atomic mass is 9.88. The Hall–Kier alpha value is -2.94. The third-order valence-electron chi connectivity index (χ3n) is 7.16. The molecule has 0 bridgehead atoms. The Morgan fingerprint density at radius 1 is 1.16 bits per heavy atom. The Morgan fingerprint density at radius 2 is 2.00 bits per heavy atom. The van der Waals surface area contributed by atoms with E-state index in [1.165, 1.54) is 11.0 Å².